The van der Waals surface area contributed by atoms with Crippen molar-refractivity contribution in [3.05, 3.63) is 12.2 Å². The summed E-state index contributed by atoms with van der Waals surface area (Å²) >= 11 is 0. The van der Waals surface area contributed by atoms with Crippen molar-refractivity contribution in [2.45, 2.75) is 13.8 Å². The zero-order chi connectivity index (χ0) is 12.0. The molecule has 88 valence electrons. The van der Waals surface area contributed by atoms with Gasteiger partial charge < -0.3 is 10.2 Å². The van der Waals surface area contributed by atoms with Crippen LogP contribution in [0.1, 0.15) is 24.5 Å². The smallest absolute Gasteiger partial charge is 0.291 e. The number of carbonyl (C=O) groups excluding carboxylic acids is 2. The molecule has 0 fully saturated rings. The largest absolute Gasteiger partial charge is 0.355 e. The van der Waals surface area contributed by atoms with Crippen LogP contribution in [-0.2, 0) is 4.79 Å². The number of hydrogen-bond donors (Lipinski definition) is 2. The molecule has 0 aliphatic carbocycles. The molecule has 7 heteroatoms. The molecule has 0 aliphatic rings. The van der Waals surface area contributed by atoms with Gasteiger partial charge in [-0.15, -0.1) is 0 Å². The monoisotopic (exact) mass is 225 g/mol. The summed E-state index contributed by atoms with van der Waals surface area (Å²) in [5, 5.41) is 8.70. The average Bonchev–Trinajstić information content (AvgIpc) is 2.78. The van der Waals surface area contributed by atoms with Gasteiger partial charge >= 0.3 is 0 Å². The fourth-order valence-corrected chi connectivity index (χ4v) is 1.21. The van der Waals surface area contributed by atoms with Crippen LogP contribution in [0.5, 0.6) is 0 Å². The molecule has 0 aromatic carbocycles. The van der Waals surface area contributed by atoms with E-state index in [-0.39, 0.29) is 24.2 Å². The van der Waals surface area contributed by atoms with Gasteiger partial charge in [0.15, 0.2) is 0 Å². The standard InChI is InChI=1S/C9H15N5O2/c1-3-10-7(15)5-14(4-2)9(16)8-11-6-12-13-8/h6H,3-5H2,1-2H3,(H,10,15)(H,11,12,13). The maximum absolute atomic E-state index is 11.8. The van der Waals surface area contributed by atoms with Gasteiger partial charge in [-0.05, 0) is 13.8 Å². The molecule has 0 unspecified atom stereocenters. The highest BCUT2D eigenvalue weighted by Crippen LogP contribution is 1.97. The first-order valence-electron chi connectivity index (χ1n) is 5.10. The van der Waals surface area contributed by atoms with Crippen LogP contribution in [0, 0.1) is 0 Å². The minimum atomic E-state index is -0.328. The van der Waals surface area contributed by atoms with Crippen molar-refractivity contribution in [1.29, 1.82) is 0 Å². The van der Waals surface area contributed by atoms with Crippen LogP contribution >= 0.6 is 0 Å². The van der Waals surface area contributed by atoms with Crippen LogP contribution in [0.15, 0.2) is 6.33 Å². The van der Waals surface area contributed by atoms with Gasteiger partial charge in [0.1, 0.15) is 6.33 Å². The van der Waals surface area contributed by atoms with Gasteiger partial charge in [-0.1, -0.05) is 0 Å². The van der Waals surface area contributed by atoms with Gasteiger partial charge in [-0.25, -0.2) is 4.98 Å². The molecule has 16 heavy (non-hydrogen) atoms. The molecule has 0 radical (unpaired) electrons. The number of aromatic amines is 1. The predicted molar refractivity (Wildman–Crippen MR) is 56.6 cm³/mol. The maximum atomic E-state index is 11.8. The molecule has 0 bridgehead atoms. The molecule has 1 heterocycles. The Balaban J connectivity index is 2.61. The summed E-state index contributed by atoms with van der Waals surface area (Å²) < 4.78 is 0. The second-order valence-electron chi connectivity index (χ2n) is 3.11. The third kappa shape index (κ3) is 3.04. The van der Waals surface area contributed by atoms with Crippen molar-refractivity contribution >= 4 is 11.8 Å². The predicted octanol–water partition coefficient (Wildman–Crippen LogP) is -0.597. The molecule has 0 saturated carbocycles. The highest BCUT2D eigenvalue weighted by atomic mass is 16.2. The molecule has 0 saturated heterocycles. The van der Waals surface area contributed by atoms with Gasteiger partial charge in [0.2, 0.25) is 11.7 Å². The number of likely N-dealkylation sites (N-methyl/N-ethyl adjacent to an activating group) is 2. The van der Waals surface area contributed by atoms with Crippen LogP contribution in [0.25, 0.3) is 0 Å². The van der Waals surface area contributed by atoms with Crippen LogP contribution in [0.2, 0.25) is 0 Å². The zero-order valence-electron chi connectivity index (χ0n) is 9.36. The molecule has 0 aliphatic heterocycles. The van der Waals surface area contributed by atoms with Crippen molar-refractivity contribution in [3.63, 3.8) is 0 Å². The highest BCUT2D eigenvalue weighted by molar-refractivity contribution is 5.93. The van der Waals surface area contributed by atoms with Crippen molar-refractivity contribution in [2.24, 2.45) is 0 Å². The summed E-state index contributed by atoms with van der Waals surface area (Å²) in [5.74, 6) is -0.366. The Morgan fingerprint density at radius 3 is 2.75 bits per heavy atom. The lowest BCUT2D eigenvalue weighted by molar-refractivity contribution is -0.121. The Morgan fingerprint density at radius 1 is 1.50 bits per heavy atom. The highest BCUT2D eigenvalue weighted by Gasteiger charge is 2.18. The van der Waals surface area contributed by atoms with E-state index in [1.807, 2.05) is 6.92 Å². The van der Waals surface area contributed by atoms with Crippen LogP contribution in [-0.4, -0.2) is 51.5 Å². The number of aromatic nitrogens is 3. The average molecular weight is 225 g/mol. The lowest BCUT2D eigenvalue weighted by Crippen LogP contribution is -2.40. The van der Waals surface area contributed by atoms with E-state index in [4.69, 9.17) is 0 Å². The lowest BCUT2D eigenvalue weighted by Gasteiger charge is -2.18. The second kappa shape index (κ2) is 5.84. The molecule has 1 aromatic rings. The Morgan fingerprint density at radius 2 is 2.25 bits per heavy atom. The summed E-state index contributed by atoms with van der Waals surface area (Å²) in [6, 6.07) is 0. The molecule has 7 nitrogen and oxygen atoms in total. The zero-order valence-corrected chi connectivity index (χ0v) is 9.36. The Kier molecular flexibility index (Phi) is 4.43. The SMILES string of the molecule is CCNC(=O)CN(CC)C(=O)c1ncn[nH]1. The van der Waals surface area contributed by atoms with Gasteiger partial charge in [0.05, 0.1) is 6.54 Å². The van der Waals surface area contributed by atoms with Crippen LogP contribution in [0.3, 0.4) is 0 Å². The second-order valence-corrected chi connectivity index (χ2v) is 3.11. The van der Waals surface area contributed by atoms with E-state index in [0.29, 0.717) is 13.1 Å². The fraction of sp³-hybridized carbons (Fsp3) is 0.556. The van der Waals surface area contributed by atoms with E-state index in [1.165, 1.54) is 11.2 Å². The van der Waals surface area contributed by atoms with Gasteiger partial charge in [0, 0.05) is 13.1 Å². The van der Waals surface area contributed by atoms with Crippen molar-refractivity contribution in [3.8, 4) is 0 Å². The van der Waals surface area contributed by atoms with E-state index in [0.717, 1.165) is 0 Å². The summed E-state index contributed by atoms with van der Waals surface area (Å²) in [6.45, 7) is 4.65. The van der Waals surface area contributed by atoms with Crippen molar-refractivity contribution < 1.29 is 9.59 Å². The first-order valence-corrected chi connectivity index (χ1v) is 5.10. The topological polar surface area (TPSA) is 91.0 Å². The molecule has 1 rings (SSSR count). The van der Waals surface area contributed by atoms with Crippen molar-refractivity contribution in [1.82, 2.24) is 25.4 Å². The Labute approximate surface area is 93.2 Å². The summed E-state index contributed by atoms with van der Waals surface area (Å²) in [4.78, 5) is 28.3. The quantitative estimate of drug-likeness (QED) is 0.700. The van der Waals surface area contributed by atoms with Crippen molar-refractivity contribution in [2.75, 3.05) is 19.6 Å². The van der Waals surface area contributed by atoms with E-state index in [1.54, 1.807) is 6.92 Å². The molecular formula is C9H15N5O2. The van der Waals surface area contributed by atoms with E-state index >= 15 is 0 Å². The molecule has 2 amide bonds. The summed E-state index contributed by atoms with van der Waals surface area (Å²) in [7, 11) is 0. The maximum Gasteiger partial charge on any atom is 0.291 e. The normalized spacial score (nSPS) is 9.88. The molecule has 1 aromatic heterocycles. The van der Waals surface area contributed by atoms with E-state index in [2.05, 4.69) is 20.5 Å². The molecule has 2 N–H and O–H groups in total. The number of rotatable bonds is 5. The number of amides is 2. The minimum absolute atomic E-state index is 0.0316. The molecule has 0 spiro atoms. The van der Waals surface area contributed by atoms with Crippen LogP contribution < -0.4 is 5.32 Å². The Hall–Kier alpha value is -1.92. The summed E-state index contributed by atoms with van der Waals surface area (Å²) in [6.07, 6.45) is 1.26. The summed E-state index contributed by atoms with van der Waals surface area (Å²) in [5.41, 5.74) is 0. The Bertz CT molecular complexity index is 349. The third-order valence-corrected chi connectivity index (χ3v) is 1.99. The van der Waals surface area contributed by atoms with Gasteiger partial charge in [0.25, 0.3) is 5.91 Å². The first-order chi connectivity index (χ1) is 7.69. The number of carbonyl (C=O) groups is 2. The van der Waals surface area contributed by atoms with Gasteiger partial charge in [-0.2, -0.15) is 5.10 Å². The number of nitrogens with one attached hydrogen (secondary N) is 2. The lowest BCUT2D eigenvalue weighted by atomic mass is 10.4. The van der Waals surface area contributed by atoms with E-state index in [9.17, 15) is 9.59 Å². The third-order valence-electron chi connectivity index (χ3n) is 1.99. The fourth-order valence-electron chi connectivity index (χ4n) is 1.21. The van der Waals surface area contributed by atoms with Crippen LogP contribution in [0.4, 0.5) is 0 Å². The first kappa shape index (κ1) is 12.2. The van der Waals surface area contributed by atoms with Gasteiger partial charge in [-0.3, -0.25) is 14.7 Å². The number of H-pyrrole nitrogens is 1. The molecule has 0 atom stereocenters. The van der Waals surface area contributed by atoms with E-state index < -0.39 is 0 Å². The number of hydrogen-bond acceptors (Lipinski definition) is 4. The number of nitrogens with zero attached hydrogens (tertiary/aromatic N) is 3. The molecular weight excluding hydrogens is 210 g/mol. The minimum Gasteiger partial charge on any atom is -0.355 e.